The first-order valence-electron chi connectivity index (χ1n) is 25.2. The lowest BCUT2D eigenvalue weighted by molar-refractivity contribution is -0.263. The van der Waals surface area contributed by atoms with Gasteiger partial charge in [0.1, 0.15) is 24.4 Å². The number of nitrogens with one attached hydrogen (secondary N) is 1. The van der Waals surface area contributed by atoms with E-state index in [1.165, 1.54) is 18.2 Å². The number of nitrogens with two attached hydrogens (primary N) is 1. The summed E-state index contributed by atoms with van der Waals surface area (Å²) in [4.78, 5) is 58.2. The van der Waals surface area contributed by atoms with Crippen molar-refractivity contribution in [3.8, 4) is 0 Å². The number of methoxy groups -OCH3 is 2. The van der Waals surface area contributed by atoms with Crippen LogP contribution in [0, 0.1) is 35.5 Å². The van der Waals surface area contributed by atoms with Crippen LogP contribution < -0.4 is 11.1 Å². The fourth-order valence-corrected chi connectivity index (χ4v) is 10.8. The third kappa shape index (κ3) is 14.5. The predicted octanol–water partition coefficient (Wildman–Crippen LogP) is 7.42. The average Bonchev–Trinajstić information content (AvgIpc) is 3.84. The lowest BCUT2D eigenvalue weighted by Gasteiger charge is -2.43. The summed E-state index contributed by atoms with van der Waals surface area (Å²) in [5, 5.41) is 30.8. The molecule has 2 saturated heterocycles. The number of fused-ring (bicyclic) bond motifs is 3. The third-order valence-electron chi connectivity index (χ3n) is 15.2. The second-order valence-corrected chi connectivity index (χ2v) is 20.6. The standard InChI is InChI=1S/C53H82N4O11/c1-32-15-11-10-12-16-33(2)42(56-46-24-25-55-68-46)31-41-22-19-38(7)53(63,67-41)50(60)51(61)57-26-14-13-17-43(57)52(62)66-44(35(4)28-39-20-18-34(3)45(30-39)64-8)23-21-40(54)29-37(6)48(59)49(65-9)47(58)36(5)27-32/h10-12,15-16,24-25,29,32,34-36,38-45,48-49,56,59,63H,13-14,17-23,26-28,30-31,54H2,1-9H3/b12-10+,15-11+,33-16+,37-29+/t32-,34-,35-,36-,38-,39+,40+,41+,42+,43+,44+,45-,48-,49+,53-/m1/s1. The molecule has 15 heteroatoms. The lowest BCUT2D eigenvalue weighted by atomic mass is 9.76. The number of ketones is 2. The molecule has 380 valence electrons. The van der Waals surface area contributed by atoms with Crippen LogP contribution >= 0.6 is 0 Å². The Bertz CT molecular complexity index is 1930. The first-order valence-corrected chi connectivity index (χ1v) is 25.2. The summed E-state index contributed by atoms with van der Waals surface area (Å²) < 4.78 is 29.6. The molecular weight excluding hydrogens is 869 g/mol. The second-order valence-electron chi connectivity index (χ2n) is 20.6. The van der Waals surface area contributed by atoms with Crippen molar-refractivity contribution in [2.24, 2.45) is 41.2 Å². The molecule has 1 aromatic rings. The summed E-state index contributed by atoms with van der Waals surface area (Å²) in [6, 6.07) is -0.265. The molecule has 1 amide bonds. The van der Waals surface area contributed by atoms with Gasteiger partial charge in [0.15, 0.2) is 5.78 Å². The summed E-state index contributed by atoms with van der Waals surface area (Å²) in [7, 11) is 3.18. The maximum atomic E-state index is 14.5. The number of anilines is 1. The number of esters is 1. The van der Waals surface area contributed by atoms with Crippen LogP contribution in [-0.2, 0) is 38.1 Å². The molecule has 0 spiro atoms. The van der Waals surface area contributed by atoms with E-state index >= 15 is 0 Å². The van der Waals surface area contributed by atoms with Gasteiger partial charge in [0.2, 0.25) is 11.7 Å². The smallest absolute Gasteiger partial charge is 0.329 e. The molecule has 1 aliphatic carbocycles. The lowest BCUT2D eigenvalue weighted by Crippen LogP contribution is -2.61. The van der Waals surface area contributed by atoms with Gasteiger partial charge in [0, 0.05) is 44.7 Å². The number of nitrogens with zero attached hydrogens (tertiary/aromatic N) is 2. The van der Waals surface area contributed by atoms with Crippen molar-refractivity contribution >= 4 is 29.3 Å². The van der Waals surface area contributed by atoms with Gasteiger partial charge in [-0.3, -0.25) is 14.4 Å². The molecule has 3 aliphatic heterocycles. The van der Waals surface area contributed by atoms with Crippen LogP contribution in [0.2, 0.25) is 0 Å². The van der Waals surface area contributed by atoms with Crippen LogP contribution in [0.25, 0.3) is 0 Å². The highest BCUT2D eigenvalue weighted by Gasteiger charge is 2.53. The third-order valence-corrected chi connectivity index (χ3v) is 15.2. The molecule has 15 nitrogen and oxygen atoms in total. The molecule has 4 aliphatic rings. The zero-order valence-corrected chi connectivity index (χ0v) is 42.1. The maximum Gasteiger partial charge on any atom is 0.329 e. The average molecular weight is 951 g/mol. The zero-order valence-electron chi connectivity index (χ0n) is 42.1. The minimum Gasteiger partial charge on any atom is -0.461 e. The number of piperidine rings is 1. The molecule has 68 heavy (non-hydrogen) atoms. The Balaban J connectivity index is 1.46. The highest BCUT2D eigenvalue weighted by Crippen LogP contribution is 2.38. The van der Waals surface area contributed by atoms with Gasteiger partial charge in [-0.2, -0.15) is 0 Å². The van der Waals surface area contributed by atoms with E-state index in [0.29, 0.717) is 81.1 Å². The van der Waals surface area contributed by atoms with Gasteiger partial charge in [-0.05, 0) is 127 Å². The highest BCUT2D eigenvalue weighted by atomic mass is 16.6. The van der Waals surface area contributed by atoms with Crippen molar-refractivity contribution in [3.05, 3.63) is 59.9 Å². The van der Waals surface area contributed by atoms with E-state index in [0.717, 1.165) is 31.3 Å². The monoisotopic (exact) mass is 951 g/mol. The van der Waals surface area contributed by atoms with Crippen molar-refractivity contribution in [1.82, 2.24) is 10.1 Å². The fraction of sp³-hybridized carbons (Fsp3) is 0.717. The SMILES string of the molecule is CO[C@@H]1C[C@H](C[C@@H](C)[C@@H]2CC[C@H](N)/C=C(\C)[C@@H](O)[C@@H](OC)C(=O)[C@H](C)C[C@H](C)/C=C/C=C/C=C(\C)[C@@H](Nc3ccno3)C[C@@H]3CC[C@@H](C)[C@@](O)(O3)C(=O)C(=O)N3CCCC[C@H]3C(=O)O2)CC[C@H]1C. The Labute approximate surface area is 404 Å². The Morgan fingerprint density at radius 1 is 0.926 bits per heavy atom. The van der Waals surface area contributed by atoms with Crippen molar-refractivity contribution < 1.29 is 52.9 Å². The molecule has 5 rings (SSSR count). The van der Waals surface area contributed by atoms with Crippen molar-refractivity contribution in [2.75, 3.05) is 26.1 Å². The zero-order chi connectivity index (χ0) is 49.7. The van der Waals surface area contributed by atoms with Gasteiger partial charge in [0.25, 0.3) is 11.7 Å². The van der Waals surface area contributed by atoms with Crippen LogP contribution in [0.15, 0.2) is 64.4 Å². The van der Waals surface area contributed by atoms with E-state index in [4.69, 9.17) is 29.2 Å². The minimum absolute atomic E-state index is 0.0349. The molecule has 4 heterocycles. The quantitative estimate of drug-likeness (QED) is 0.119. The topological polar surface area (TPSA) is 213 Å². The van der Waals surface area contributed by atoms with Crippen LogP contribution in [0.4, 0.5) is 5.88 Å². The molecular formula is C53H82N4O11. The molecule has 1 saturated carbocycles. The molecule has 2 bridgehead atoms. The van der Waals surface area contributed by atoms with E-state index in [-0.39, 0.29) is 36.3 Å². The Morgan fingerprint density at radius 3 is 2.40 bits per heavy atom. The molecule has 3 fully saturated rings. The van der Waals surface area contributed by atoms with E-state index in [1.54, 1.807) is 33.1 Å². The summed E-state index contributed by atoms with van der Waals surface area (Å²) in [5.41, 5.74) is 8.12. The minimum atomic E-state index is -2.42. The molecule has 0 aromatic carbocycles. The predicted molar refractivity (Wildman–Crippen MR) is 260 cm³/mol. The summed E-state index contributed by atoms with van der Waals surface area (Å²) >= 11 is 0. The number of cyclic esters (lactones) is 1. The van der Waals surface area contributed by atoms with Crippen molar-refractivity contribution in [3.63, 3.8) is 0 Å². The number of carbonyl (C=O) groups is 4. The number of carbonyl (C=O) groups excluding carboxylic acids is 4. The first-order chi connectivity index (χ1) is 32.4. The summed E-state index contributed by atoms with van der Waals surface area (Å²) in [5.74, 6) is -5.21. The van der Waals surface area contributed by atoms with Gasteiger partial charge >= 0.3 is 5.97 Å². The number of hydrogen-bond acceptors (Lipinski definition) is 14. The Morgan fingerprint density at radius 2 is 1.69 bits per heavy atom. The van der Waals surface area contributed by atoms with Crippen LogP contribution in [-0.4, -0.2) is 119 Å². The van der Waals surface area contributed by atoms with Gasteiger partial charge in [-0.25, -0.2) is 4.79 Å². The molecule has 1 aromatic heterocycles. The molecule has 15 atom stereocenters. The summed E-state index contributed by atoms with van der Waals surface area (Å²) in [6.45, 7) is 13.7. The van der Waals surface area contributed by atoms with Crippen molar-refractivity contribution in [2.45, 2.75) is 186 Å². The van der Waals surface area contributed by atoms with Gasteiger partial charge in [-0.1, -0.05) is 81.8 Å². The Hall–Kier alpha value is -3.99. The van der Waals surface area contributed by atoms with E-state index in [9.17, 15) is 29.4 Å². The second kappa shape index (κ2) is 25.7. The van der Waals surface area contributed by atoms with Gasteiger partial charge < -0.3 is 49.6 Å². The number of aliphatic hydroxyl groups is 2. The maximum absolute atomic E-state index is 14.5. The number of aliphatic hydroxyl groups excluding tert-OH is 1. The number of hydrogen-bond donors (Lipinski definition) is 4. The Kier molecular flexibility index (Phi) is 20.8. The molecule has 0 unspecified atom stereocenters. The number of rotatable bonds is 7. The largest absolute Gasteiger partial charge is 0.461 e. The van der Waals surface area contributed by atoms with E-state index < -0.39 is 71.8 Å². The van der Waals surface area contributed by atoms with Gasteiger partial charge in [0.05, 0.1) is 24.4 Å². The summed E-state index contributed by atoms with van der Waals surface area (Å²) in [6.07, 6.45) is 17.5. The highest BCUT2D eigenvalue weighted by molar-refractivity contribution is 6.39. The number of Topliss-reactive ketones (excluding diaryl/α,β-unsaturated/α-hetero) is 2. The van der Waals surface area contributed by atoms with Crippen molar-refractivity contribution in [1.29, 1.82) is 0 Å². The number of allylic oxidation sites excluding steroid dienone is 5. The van der Waals surface area contributed by atoms with Gasteiger partial charge in [-0.15, -0.1) is 0 Å². The number of aromatic nitrogens is 1. The first kappa shape index (κ1) is 54.9. The van der Waals surface area contributed by atoms with E-state index in [2.05, 4.69) is 24.3 Å². The van der Waals surface area contributed by atoms with Crippen LogP contribution in [0.5, 0.6) is 0 Å². The normalized spacial score (nSPS) is 39.1. The molecule has 5 N–H and O–H groups in total. The number of ether oxygens (including phenoxy) is 4. The molecule has 0 radical (unpaired) electrons. The van der Waals surface area contributed by atoms with Crippen LogP contribution in [0.1, 0.15) is 132 Å². The fourth-order valence-electron chi connectivity index (χ4n) is 10.8. The van der Waals surface area contributed by atoms with E-state index in [1.807, 2.05) is 51.2 Å². The van der Waals surface area contributed by atoms with Crippen LogP contribution in [0.3, 0.4) is 0 Å². The number of amides is 1.